The molecule has 5 rings (SSSR count). The normalized spacial score (nSPS) is 15.3. The molecule has 0 spiro atoms. The molecule has 1 aliphatic heterocycles. The summed E-state index contributed by atoms with van der Waals surface area (Å²) in [6, 6.07) is 18.3. The number of furan rings is 1. The number of amides is 2. The highest BCUT2D eigenvalue weighted by atomic mass is 35.5. The van der Waals surface area contributed by atoms with Gasteiger partial charge in [0.1, 0.15) is 17.4 Å². The van der Waals surface area contributed by atoms with Gasteiger partial charge in [0.25, 0.3) is 0 Å². The minimum Gasteiger partial charge on any atom is -0.464 e. The van der Waals surface area contributed by atoms with E-state index in [0.717, 1.165) is 40.5 Å². The summed E-state index contributed by atoms with van der Waals surface area (Å²) in [6.07, 6.45) is 4.08. The van der Waals surface area contributed by atoms with E-state index in [1.807, 2.05) is 30.3 Å². The lowest BCUT2D eigenvalue weighted by Crippen LogP contribution is -2.46. The van der Waals surface area contributed by atoms with Gasteiger partial charge in [-0.3, -0.25) is 9.59 Å². The van der Waals surface area contributed by atoms with Crippen LogP contribution in [0.3, 0.4) is 0 Å². The number of hydrogen-bond acceptors (Lipinski definition) is 3. The average molecular weight is 519 g/mol. The van der Waals surface area contributed by atoms with Crippen molar-refractivity contribution in [1.29, 1.82) is 0 Å². The minimum absolute atomic E-state index is 0.0137. The monoisotopic (exact) mass is 518 g/mol. The lowest BCUT2D eigenvalue weighted by Gasteiger charge is -2.24. The maximum Gasteiger partial charge on any atom is 0.243 e. The second-order valence-corrected chi connectivity index (χ2v) is 9.80. The van der Waals surface area contributed by atoms with E-state index in [0.29, 0.717) is 18.5 Å². The summed E-state index contributed by atoms with van der Waals surface area (Å²) in [4.78, 5) is 28.0. The second-order valence-electron chi connectivity index (χ2n) is 9.39. The van der Waals surface area contributed by atoms with Gasteiger partial charge in [0.15, 0.2) is 0 Å². The molecule has 1 aromatic heterocycles. The zero-order valence-electron chi connectivity index (χ0n) is 20.6. The number of carbonyl (C=O) groups is 2. The Morgan fingerprint density at radius 1 is 1.11 bits per heavy atom. The van der Waals surface area contributed by atoms with Crippen molar-refractivity contribution in [3.63, 3.8) is 0 Å². The highest BCUT2D eigenvalue weighted by Gasteiger charge is 2.34. The standard InChI is InChI=1S/C30H28ClFN2O3/c1-2-19-6-3-7-21(14-19)24-16-20(15-22-11-13-37-29(22)24)17-27(35)34-12-5-10-26(34)30(36)33-18-23-8-4-9-25(31)28(23)32/h3-4,6-9,11,13-16,26H,2,5,10,12,17-18H2,1H3,(H,33,36)/t26-/m0/s1. The van der Waals surface area contributed by atoms with Crippen molar-refractivity contribution in [3.8, 4) is 11.1 Å². The first-order valence-corrected chi connectivity index (χ1v) is 12.9. The molecule has 2 amide bonds. The first-order valence-electron chi connectivity index (χ1n) is 12.5. The van der Waals surface area contributed by atoms with E-state index in [9.17, 15) is 14.0 Å². The Morgan fingerprint density at radius 2 is 1.95 bits per heavy atom. The van der Waals surface area contributed by atoms with Gasteiger partial charge in [0.2, 0.25) is 11.8 Å². The third kappa shape index (κ3) is 5.25. The number of nitrogens with one attached hydrogen (secondary N) is 1. The number of benzene rings is 3. The molecule has 4 aromatic rings. The number of nitrogens with zero attached hydrogens (tertiary/aromatic N) is 1. The summed E-state index contributed by atoms with van der Waals surface area (Å²) >= 11 is 5.85. The quantitative estimate of drug-likeness (QED) is 0.312. The largest absolute Gasteiger partial charge is 0.464 e. The van der Waals surface area contributed by atoms with Gasteiger partial charge < -0.3 is 14.6 Å². The summed E-state index contributed by atoms with van der Waals surface area (Å²) in [5.41, 5.74) is 5.17. The van der Waals surface area contributed by atoms with E-state index in [4.69, 9.17) is 16.0 Å². The number of rotatable bonds is 7. The molecule has 0 bridgehead atoms. The maximum absolute atomic E-state index is 14.2. The fourth-order valence-electron chi connectivity index (χ4n) is 5.02. The third-order valence-electron chi connectivity index (χ3n) is 6.97. The van der Waals surface area contributed by atoms with Gasteiger partial charge in [-0.05, 0) is 60.2 Å². The van der Waals surface area contributed by atoms with E-state index < -0.39 is 11.9 Å². The highest BCUT2D eigenvalue weighted by Crippen LogP contribution is 2.32. The third-order valence-corrected chi connectivity index (χ3v) is 7.26. The van der Waals surface area contributed by atoms with Gasteiger partial charge in [-0.1, -0.05) is 54.9 Å². The van der Waals surface area contributed by atoms with Crippen molar-refractivity contribution >= 4 is 34.4 Å². The van der Waals surface area contributed by atoms with Crippen LogP contribution < -0.4 is 5.32 Å². The van der Waals surface area contributed by atoms with E-state index >= 15 is 0 Å². The SMILES string of the molecule is CCc1cccc(-c2cc(CC(=O)N3CCC[C@H]3C(=O)NCc3cccc(Cl)c3F)cc3ccoc23)c1. The van der Waals surface area contributed by atoms with Gasteiger partial charge >= 0.3 is 0 Å². The van der Waals surface area contributed by atoms with Crippen molar-refractivity contribution in [2.24, 2.45) is 0 Å². The van der Waals surface area contributed by atoms with Crippen molar-refractivity contribution in [3.05, 3.63) is 94.5 Å². The molecule has 7 heteroatoms. The zero-order valence-corrected chi connectivity index (χ0v) is 21.4. The molecule has 1 fully saturated rings. The summed E-state index contributed by atoms with van der Waals surface area (Å²) < 4.78 is 20.0. The Labute approximate surface area is 220 Å². The molecule has 2 heterocycles. The predicted octanol–water partition coefficient (Wildman–Crippen LogP) is 6.30. The first kappa shape index (κ1) is 25.0. The molecule has 0 unspecified atom stereocenters. The van der Waals surface area contributed by atoms with E-state index in [-0.39, 0.29) is 29.8 Å². The fraction of sp³-hybridized carbons (Fsp3) is 0.267. The molecule has 5 nitrogen and oxygen atoms in total. The Balaban J connectivity index is 1.33. The van der Waals surface area contributed by atoms with Crippen LogP contribution in [0.1, 0.15) is 36.5 Å². The summed E-state index contributed by atoms with van der Waals surface area (Å²) in [5, 5.41) is 3.72. The maximum atomic E-state index is 14.2. The zero-order chi connectivity index (χ0) is 25.9. The second kappa shape index (κ2) is 10.8. The first-order chi connectivity index (χ1) is 17.9. The van der Waals surface area contributed by atoms with Gasteiger partial charge in [-0.15, -0.1) is 0 Å². The van der Waals surface area contributed by atoms with Gasteiger partial charge in [0, 0.05) is 29.6 Å². The summed E-state index contributed by atoms with van der Waals surface area (Å²) in [6.45, 7) is 2.65. The Hall–Kier alpha value is -3.64. The van der Waals surface area contributed by atoms with Crippen LogP contribution in [0.5, 0.6) is 0 Å². The van der Waals surface area contributed by atoms with Crippen molar-refractivity contribution in [2.45, 2.75) is 45.2 Å². The number of fused-ring (bicyclic) bond motifs is 1. The Morgan fingerprint density at radius 3 is 2.78 bits per heavy atom. The average Bonchev–Trinajstić information content (AvgIpc) is 3.59. The van der Waals surface area contributed by atoms with Crippen molar-refractivity contribution in [1.82, 2.24) is 10.2 Å². The van der Waals surface area contributed by atoms with Crippen LogP contribution >= 0.6 is 11.6 Å². The van der Waals surface area contributed by atoms with Crippen LogP contribution in [-0.4, -0.2) is 29.3 Å². The molecule has 0 aliphatic carbocycles. The van der Waals surface area contributed by atoms with Gasteiger partial charge in [-0.2, -0.15) is 0 Å². The smallest absolute Gasteiger partial charge is 0.243 e. The molecule has 1 N–H and O–H groups in total. The molecular weight excluding hydrogens is 491 g/mol. The molecule has 0 radical (unpaired) electrons. The van der Waals surface area contributed by atoms with Gasteiger partial charge in [0.05, 0.1) is 17.7 Å². The van der Waals surface area contributed by atoms with Gasteiger partial charge in [-0.25, -0.2) is 4.39 Å². The number of likely N-dealkylation sites (tertiary alicyclic amines) is 1. The van der Waals surface area contributed by atoms with Crippen LogP contribution in [0, 0.1) is 5.82 Å². The Kier molecular flexibility index (Phi) is 7.28. The van der Waals surface area contributed by atoms with Crippen LogP contribution in [0.2, 0.25) is 5.02 Å². The topological polar surface area (TPSA) is 62.6 Å². The lowest BCUT2D eigenvalue weighted by molar-refractivity contribution is -0.138. The van der Waals surface area contributed by atoms with Crippen LogP contribution in [0.15, 0.2) is 71.3 Å². The highest BCUT2D eigenvalue weighted by molar-refractivity contribution is 6.30. The van der Waals surface area contributed by atoms with Crippen LogP contribution in [0.4, 0.5) is 4.39 Å². The van der Waals surface area contributed by atoms with E-state index in [1.54, 1.807) is 23.3 Å². The summed E-state index contributed by atoms with van der Waals surface area (Å²) in [7, 11) is 0. The molecule has 37 heavy (non-hydrogen) atoms. The minimum atomic E-state index is -0.576. The molecular formula is C30H28ClFN2O3. The van der Waals surface area contributed by atoms with Crippen LogP contribution in [0.25, 0.3) is 22.1 Å². The predicted molar refractivity (Wildman–Crippen MR) is 143 cm³/mol. The number of carbonyl (C=O) groups excluding carboxylic acids is 2. The van der Waals surface area contributed by atoms with E-state index in [2.05, 4.69) is 24.4 Å². The Bertz CT molecular complexity index is 1460. The number of aryl methyl sites for hydroxylation is 1. The number of hydrogen-bond donors (Lipinski definition) is 1. The molecule has 0 saturated carbocycles. The lowest BCUT2D eigenvalue weighted by atomic mass is 9.97. The molecule has 190 valence electrons. The summed E-state index contributed by atoms with van der Waals surface area (Å²) in [5.74, 6) is -0.936. The molecule has 1 atom stereocenters. The molecule has 3 aromatic carbocycles. The van der Waals surface area contributed by atoms with Crippen LogP contribution in [-0.2, 0) is 29.0 Å². The van der Waals surface area contributed by atoms with Crippen molar-refractivity contribution < 1.29 is 18.4 Å². The molecule has 1 aliphatic rings. The fourth-order valence-corrected chi connectivity index (χ4v) is 5.21. The molecule has 1 saturated heterocycles. The number of halogens is 2. The van der Waals surface area contributed by atoms with E-state index in [1.165, 1.54) is 11.6 Å². The van der Waals surface area contributed by atoms with Crippen molar-refractivity contribution in [2.75, 3.05) is 6.54 Å².